The van der Waals surface area contributed by atoms with Crippen LogP contribution in [0, 0.1) is 5.92 Å². The Morgan fingerprint density at radius 3 is 2.92 bits per heavy atom. The number of esters is 1. The maximum Gasteiger partial charge on any atom is 0.345 e. The first kappa shape index (κ1) is 9.45. The second-order valence-corrected chi connectivity index (χ2v) is 3.11. The summed E-state index contributed by atoms with van der Waals surface area (Å²) in [6, 6.07) is 0. The first-order valence-electron chi connectivity index (χ1n) is 4.18. The molecule has 1 rings (SSSR count). The van der Waals surface area contributed by atoms with Crippen molar-refractivity contribution >= 4 is 5.97 Å². The van der Waals surface area contributed by atoms with Crippen molar-refractivity contribution in [1.29, 1.82) is 0 Å². The Morgan fingerprint density at radius 1 is 1.83 bits per heavy atom. The molecule has 0 unspecified atom stereocenters. The van der Waals surface area contributed by atoms with E-state index in [0.717, 1.165) is 0 Å². The van der Waals surface area contributed by atoms with E-state index in [1.54, 1.807) is 13.8 Å². The molecule has 0 spiro atoms. The van der Waals surface area contributed by atoms with Gasteiger partial charge in [0, 0.05) is 19.0 Å². The van der Waals surface area contributed by atoms with E-state index in [-0.39, 0.29) is 19.1 Å². The van der Waals surface area contributed by atoms with E-state index in [1.165, 1.54) is 0 Å². The second kappa shape index (κ2) is 3.39. The molecule has 1 fully saturated rings. The van der Waals surface area contributed by atoms with Crippen LogP contribution in [0.1, 0.15) is 13.8 Å². The van der Waals surface area contributed by atoms with Crippen LogP contribution in [-0.4, -0.2) is 31.3 Å². The number of hydrogen-bond acceptors (Lipinski definition) is 3. The quantitative estimate of drug-likeness (QED) is 0.621. The van der Waals surface area contributed by atoms with Crippen LogP contribution < -0.4 is 5.32 Å². The van der Waals surface area contributed by atoms with Crippen molar-refractivity contribution in [2.45, 2.75) is 19.5 Å². The van der Waals surface area contributed by atoms with Crippen molar-refractivity contribution in [1.82, 2.24) is 5.32 Å². The van der Waals surface area contributed by atoms with Gasteiger partial charge in [0.05, 0.1) is 6.61 Å². The van der Waals surface area contributed by atoms with Crippen LogP contribution in [-0.2, 0) is 9.53 Å². The molecule has 1 N–H and O–H groups in total. The van der Waals surface area contributed by atoms with E-state index in [9.17, 15) is 9.18 Å². The van der Waals surface area contributed by atoms with Gasteiger partial charge < -0.3 is 10.1 Å². The molecule has 0 aromatic carbocycles. The summed E-state index contributed by atoms with van der Waals surface area (Å²) in [7, 11) is 0. The van der Waals surface area contributed by atoms with Gasteiger partial charge in [-0.2, -0.15) is 0 Å². The molecule has 12 heavy (non-hydrogen) atoms. The number of hydrogen-bond donors (Lipinski definition) is 1. The van der Waals surface area contributed by atoms with E-state index in [4.69, 9.17) is 0 Å². The van der Waals surface area contributed by atoms with Gasteiger partial charge in [-0.1, -0.05) is 6.92 Å². The van der Waals surface area contributed by atoms with Gasteiger partial charge in [0.2, 0.25) is 5.67 Å². The Labute approximate surface area is 71.3 Å². The standard InChI is InChI=1S/C8H14FNO2/c1-3-12-7(11)8(9)5-10-4-6(8)2/h6,10H,3-5H2,1-2H3/t6-,8-/m1/s1. The molecular weight excluding hydrogens is 161 g/mol. The molecule has 3 nitrogen and oxygen atoms in total. The number of alkyl halides is 1. The average molecular weight is 175 g/mol. The smallest absolute Gasteiger partial charge is 0.345 e. The third kappa shape index (κ3) is 1.43. The lowest BCUT2D eigenvalue weighted by Crippen LogP contribution is -2.42. The van der Waals surface area contributed by atoms with Crippen LogP contribution in [0.4, 0.5) is 4.39 Å². The molecule has 0 aromatic rings. The number of carbonyl (C=O) groups is 1. The lowest BCUT2D eigenvalue weighted by molar-refractivity contribution is -0.158. The Balaban J connectivity index is 2.63. The maximum absolute atomic E-state index is 13.7. The van der Waals surface area contributed by atoms with Gasteiger partial charge in [-0.05, 0) is 6.92 Å². The molecule has 0 bridgehead atoms. The Morgan fingerprint density at radius 2 is 2.50 bits per heavy atom. The minimum absolute atomic E-state index is 0.0764. The van der Waals surface area contributed by atoms with Gasteiger partial charge in [-0.3, -0.25) is 0 Å². The molecule has 0 aromatic heterocycles. The lowest BCUT2D eigenvalue weighted by Gasteiger charge is -2.20. The van der Waals surface area contributed by atoms with Crippen molar-refractivity contribution in [3.8, 4) is 0 Å². The van der Waals surface area contributed by atoms with Gasteiger partial charge in [0.25, 0.3) is 0 Å². The molecular formula is C8H14FNO2. The average Bonchev–Trinajstić information content (AvgIpc) is 2.34. The van der Waals surface area contributed by atoms with Gasteiger partial charge >= 0.3 is 5.97 Å². The normalized spacial score (nSPS) is 35.1. The highest BCUT2D eigenvalue weighted by Crippen LogP contribution is 2.27. The molecule has 70 valence electrons. The Kier molecular flexibility index (Phi) is 2.67. The van der Waals surface area contributed by atoms with Crippen LogP contribution >= 0.6 is 0 Å². The summed E-state index contributed by atoms with van der Waals surface area (Å²) < 4.78 is 18.4. The highest BCUT2D eigenvalue weighted by Gasteiger charge is 2.48. The largest absolute Gasteiger partial charge is 0.464 e. The summed E-state index contributed by atoms with van der Waals surface area (Å²) in [4.78, 5) is 11.1. The van der Waals surface area contributed by atoms with Crippen molar-refractivity contribution in [3.63, 3.8) is 0 Å². The number of nitrogens with one attached hydrogen (secondary N) is 1. The van der Waals surface area contributed by atoms with Crippen LogP contribution in [0.25, 0.3) is 0 Å². The number of rotatable bonds is 2. The highest BCUT2D eigenvalue weighted by atomic mass is 19.1. The van der Waals surface area contributed by atoms with Crippen LogP contribution in [0.5, 0.6) is 0 Å². The minimum Gasteiger partial charge on any atom is -0.464 e. The molecule has 1 aliphatic heterocycles. The number of carbonyl (C=O) groups excluding carboxylic acids is 1. The van der Waals surface area contributed by atoms with Crippen molar-refractivity contribution in [3.05, 3.63) is 0 Å². The topological polar surface area (TPSA) is 38.3 Å². The molecule has 1 heterocycles. The summed E-state index contributed by atoms with van der Waals surface area (Å²) >= 11 is 0. The van der Waals surface area contributed by atoms with Gasteiger partial charge in [-0.15, -0.1) is 0 Å². The SMILES string of the molecule is CCOC(=O)[C@@]1(F)CNC[C@H]1C. The summed E-state index contributed by atoms with van der Waals surface area (Å²) in [6.45, 7) is 4.23. The van der Waals surface area contributed by atoms with Crippen LogP contribution in [0.3, 0.4) is 0 Å². The molecule has 0 amide bonds. The predicted octanol–water partition coefficient (Wildman–Crippen LogP) is 0.497. The number of ether oxygens (including phenoxy) is 1. The first-order valence-corrected chi connectivity index (χ1v) is 4.18. The summed E-state index contributed by atoms with van der Waals surface area (Å²) in [6.07, 6.45) is 0. The highest BCUT2D eigenvalue weighted by molar-refractivity contribution is 5.80. The maximum atomic E-state index is 13.7. The monoisotopic (exact) mass is 175 g/mol. The Bertz CT molecular complexity index is 186. The molecule has 0 saturated carbocycles. The predicted molar refractivity (Wildman–Crippen MR) is 42.5 cm³/mol. The van der Waals surface area contributed by atoms with Crippen LogP contribution in [0.2, 0.25) is 0 Å². The van der Waals surface area contributed by atoms with E-state index in [0.29, 0.717) is 6.54 Å². The third-order valence-electron chi connectivity index (χ3n) is 2.23. The second-order valence-electron chi connectivity index (χ2n) is 3.11. The fourth-order valence-corrected chi connectivity index (χ4v) is 1.33. The summed E-state index contributed by atoms with van der Waals surface area (Å²) in [5, 5.41) is 2.83. The molecule has 4 heteroatoms. The van der Waals surface area contributed by atoms with Crippen LogP contribution in [0.15, 0.2) is 0 Å². The van der Waals surface area contributed by atoms with Crippen molar-refractivity contribution in [2.24, 2.45) is 5.92 Å². The van der Waals surface area contributed by atoms with Crippen molar-refractivity contribution < 1.29 is 13.9 Å². The fraction of sp³-hybridized carbons (Fsp3) is 0.875. The van der Waals surface area contributed by atoms with E-state index >= 15 is 0 Å². The number of halogens is 1. The molecule has 1 aliphatic rings. The Hall–Kier alpha value is -0.640. The summed E-state index contributed by atoms with van der Waals surface area (Å²) in [5.41, 5.74) is -1.81. The van der Waals surface area contributed by atoms with E-state index in [1.807, 2.05) is 0 Å². The van der Waals surface area contributed by atoms with Crippen molar-refractivity contribution in [2.75, 3.05) is 19.7 Å². The molecule has 2 atom stereocenters. The zero-order chi connectivity index (χ0) is 9.19. The first-order chi connectivity index (χ1) is 5.61. The van der Waals surface area contributed by atoms with Gasteiger partial charge in [-0.25, -0.2) is 9.18 Å². The summed E-state index contributed by atoms with van der Waals surface area (Å²) in [5.74, 6) is -1.03. The van der Waals surface area contributed by atoms with Gasteiger partial charge in [0.1, 0.15) is 0 Å². The molecule has 0 aliphatic carbocycles. The fourth-order valence-electron chi connectivity index (χ4n) is 1.33. The third-order valence-corrected chi connectivity index (χ3v) is 2.23. The minimum atomic E-state index is -1.81. The van der Waals surface area contributed by atoms with E-state index in [2.05, 4.69) is 10.1 Å². The van der Waals surface area contributed by atoms with E-state index < -0.39 is 11.6 Å². The lowest BCUT2D eigenvalue weighted by atomic mass is 9.95. The van der Waals surface area contributed by atoms with Gasteiger partial charge in [0.15, 0.2) is 0 Å². The molecule has 1 saturated heterocycles. The zero-order valence-electron chi connectivity index (χ0n) is 7.39. The molecule has 0 radical (unpaired) electrons. The zero-order valence-corrected chi connectivity index (χ0v) is 7.39.